The molecule has 9 nitrogen and oxygen atoms in total. The molecule has 1 aliphatic rings. The van der Waals surface area contributed by atoms with E-state index >= 15 is 0 Å². The molecular formula is C12H19N3O6S. The summed E-state index contributed by atoms with van der Waals surface area (Å²) < 4.78 is 43.3. The van der Waals surface area contributed by atoms with Crippen molar-refractivity contribution >= 4 is 16.2 Å². The topological polar surface area (TPSA) is 111 Å². The van der Waals surface area contributed by atoms with Crippen molar-refractivity contribution in [3.8, 4) is 5.88 Å². The van der Waals surface area contributed by atoms with Crippen LogP contribution in [-0.4, -0.2) is 59.0 Å². The van der Waals surface area contributed by atoms with Gasteiger partial charge in [0, 0.05) is 7.05 Å². The summed E-state index contributed by atoms with van der Waals surface area (Å²) in [5.41, 5.74) is -0.615. The van der Waals surface area contributed by atoms with Gasteiger partial charge in [-0.15, -0.1) is 0 Å². The number of ether oxygens (including phenoxy) is 2. The number of rotatable bonds is 2. The van der Waals surface area contributed by atoms with Crippen LogP contribution in [0.4, 0.5) is 4.79 Å². The minimum atomic E-state index is -4.39. The number of carbonyl (C=O) groups excluding carboxylic acids is 1. The van der Waals surface area contributed by atoms with E-state index in [0.29, 0.717) is 0 Å². The molecule has 0 radical (unpaired) electrons. The highest BCUT2D eigenvalue weighted by molar-refractivity contribution is 7.86. The first-order valence-electron chi connectivity index (χ1n) is 6.61. The third kappa shape index (κ3) is 3.50. The van der Waals surface area contributed by atoms with Gasteiger partial charge < -0.3 is 14.4 Å². The monoisotopic (exact) mass is 333 g/mol. The first-order chi connectivity index (χ1) is 9.99. The van der Waals surface area contributed by atoms with Crippen molar-refractivity contribution in [2.45, 2.75) is 43.9 Å². The van der Waals surface area contributed by atoms with Crippen LogP contribution < -0.4 is 4.74 Å². The van der Waals surface area contributed by atoms with Gasteiger partial charge in [0.1, 0.15) is 12.2 Å². The molecule has 0 aliphatic carbocycles. The van der Waals surface area contributed by atoms with E-state index in [-0.39, 0.29) is 30.0 Å². The minimum absolute atomic E-state index is 0.0312. The third-order valence-corrected chi connectivity index (χ3v) is 3.90. The fourth-order valence-electron chi connectivity index (χ4n) is 1.95. The van der Waals surface area contributed by atoms with E-state index in [9.17, 15) is 13.2 Å². The smallest absolute Gasteiger partial charge is 0.410 e. The van der Waals surface area contributed by atoms with Crippen LogP contribution in [-0.2, 0) is 21.4 Å². The second kappa shape index (κ2) is 5.43. The average molecular weight is 333 g/mol. The van der Waals surface area contributed by atoms with Crippen molar-refractivity contribution in [3.05, 3.63) is 6.20 Å². The Morgan fingerprint density at radius 3 is 2.73 bits per heavy atom. The standard InChI is InChI=1S/C12H19N3O6S/c1-12(2,3)21-11(16)14(4)8-6-15-10(20-7-8)9(5-13-15)22(17,18)19/h5,8H,6-7H2,1-4H3,(H,17,18,19). The lowest BCUT2D eigenvalue weighted by Gasteiger charge is -2.33. The molecule has 0 aromatic carbocycles. The molecule has 1 amide bonds. The van der Waals surface area contributed by atoms with Crippen LogP contribution in [0.15, 0.2) is 11.1 Å². The molecule has 124 valence electrons. The maximum absolute atomic E-state index is 12.0. The molecule has 1 unspecified atom stereocenters. The number of carbonyl (C=O) groups is 1. The number of fused-ring (bicyclic) bond motifs is 1. The Labute approximate surface area is 128 Å². The Hall–Kier alpha value is -1.81. The van der Waals surface area contributed by atoms with Gasteiger partial charge in [0.15, 0.2) is 4.90 Å². The molecule has 0 bridgehead atoms. The zero-order valence-electron chi connectivity index (χ0n) is 12.8. The lowest BCUT2D eigenvalue weighted by molar-refractivity contribution is 0.0101. The molecule has 0 saturated carbocycles. The van der Waals surface area contributed by atoms with E-state index in [1.165, 1.54) is 9.58 Å². The second-order valence-electron chi connectivity index (χ2n) is 6.03. The van der Waals surface area contributed by atoms with Gasteiger partial charge in [-0.1, -0.05) is 0 Å². The van der Waals surface area contributed by atoms with E-state index in [2.05, 4.69) is 5.10 Å². The molecule has 0 fully saturated rings. The molecule has 1 N–H and O–H groups in total. The van der Waals surface area contributed by atoms with E-state index in [1.807, 2.05) is 0 Å². The van der Waals surface area contributed by atoms with E-state index < -0.39 is 21.8 Å². The number of hydrogen-bond acceptors (Lipinski definition) is 6. The highest BCUT2D eigenvalue weighted by atomic mass is 32.2. The predicted molar refractivity (Wildman–Crippen MR) is 75.3 cm³/mol. The van der Waals surface area contributed by atoms with Gasteiger partial charge in [-0.3, -0.25) is 4.55 Å². The summed E-state index contributed by atoms with van der Waals surface area (Å²) in [7, 11) is -2.82. The lowest BCUT2D eigenvalue weighted by Crippen LogP contribution is -2.47. The van der Waals surface area contributed by atoms with Gasteiger partial charge in [-0.2, -0.15) is 13.5 Å². The molecule has 1 aliphatic heterocycles. The molecule has 1 atom stereocenters. The van der Waals surface area contributed by atoms with Gasteiger partial charge in [0.2, 0.25) is 5.88 Å². The first kappa shape index (κ1) is 16.6. The summed E-state index contributed by atoms with van der Waals surface area (Å²) in [6.07, 6.45) is 0.507. The van der Waals surface area contributed by atoms with Crippen LogP contribution in [0.3, 0.4) is 0 Å². The largest absolute Gasteiger partial charge is 0.475 e. The number of hydrogen-bond donors (Lipinski definition) is 1. The van der Waals surface area contributed by atoms with E-state index in [4.69, 9.17) is 14.0 Å². The normalized spacial score (nSPS) is 18.3. The van der Waals surface area contributed by atoms with Crippen LogP contribution in [0.25, 0.3) is 0 Å². The zero-order valence-corrected chi connectivity index (χ0v) is 13.6. The number of aromatic nitrogens is 2. The molecule has 0 saturated heterocycles. The summed E-state index contributed by atoms with van der Waals surface area (Å²) >= 11 is 0. The van der Waals surface area contributed by atoms with Crippen molar-refractivity contribution in [2.75, 3.05) is 13.7 Å². The van der Waals surface area contributed by atoms with Crippen LogP contribution in [0, 0.1) is 0 Å². The van der Waals surface area contributed by atoms with Crippen molar-refractivity contribution in [1.82, 2.24) is 14.7 Å². The molecular weight excluding hydrogens is 314 g/mol. The van der Waals surface area contributed by atoms with Crippen LogP contribution in [0.1, 0.15) is 20.8 Å². The fourth-order valence-corrected chi connectivity index (χ4v) is 2.52. The third-order valence-electron chi connectivity index (χ3n) is 3.06. The molecule has 2 heterocycles. The number of likely N-dealkylation sites (N-methyl/N-ethyl adjacent to an activating group) is 1. The quantitative estimate of drug-likeness (QED) is 0.795. The SMILES string of the molecule is CN(C(=O)OC(C)(C)C)C1COc2c(S(=O)(=O)O)cnn2C1. The number of amides is 1. The van der Waals surface area contributed by atoms with Crippen LogP contribution in [0.2, 0.25) is 0 Å². The van der Waals surface area contributed by atoms with E-state index in [1.54, 1.807) is 27.8 Å². The molecule has 2 rings (SSSR count). The Balaban J connectivity index is 2.13. The molecule has 22 heavy (non-hydrogen) atoms. The Morgan fingerprint density at radius 1 is 1.55 bits per heavy atom. The first-order valence-corrected chi connectivity index (χ1v) is 8.05. The van der Waals surface area contributed by atoms with Crippen molar-refractivity contribution < 1.29 is 27.2 Å². The molecule has 10 heteroatoms. The Bertz CT molecular complexity index is 676. The van der Waals surface area contributed by atoms with E-state index in [0.717, 1.165) is 6.20 Å². The maximum Gasteiger partial charge on any atom is 0.410 e. The average Bonchev–Trinajstić information content (AvgIpc) is 2.78. The van der Waals surface area contributed by atoms with Gasteiger partial charge in [0.25, 0.3) is 0 Å². The van der Waals surface area contributed by atoms with Crippen molar-refractivity contribution in [1.29, 1.82) is 0 Å². The predicted octanol–water partition coefficient (Wildman–Crippen LogP) is 0.758. The van der Waals surface area contributed by atoms with Crippen molar-refractivity contribution in [2.24, 2.45) is 0 Å². The van der Waals surface area contributed by atoms with Gasteiger partial charge in [-0.25, -0.2) is 9.48 Å². The van der Waals surface area contributed by atoms with Gasteiger partial charge in [-0.05, 0) is 20.8 Å². The summed E-state index contributed by atoms with van der Waals surface area (Å²) in [6.45, 7) is 5.60. The highest BCUT2D eigenvalue weighted by Crippen LogP contribution is 2.27. The summed E-state index contributed by atoms with van der Waals surface area (Å²) in [6, 6.07) is -0.364. The van der Waals surface area contributed by atoms with Crippen molar-refractivity contribution in [3.63, 3.8) is 0 Å². The molecule has 1 aromatic rings. The minimum Gasteiger partial charge on any atom is -0.475 e. The summed E-state index contributed by atoms with van der Waals surface area (Å²) in [5.74, 6) is -0.0312. The Morgan fingerprint density at radius 2 is 2.18 bits per heavy atom. The highest BCUT2D eigenvalue weighted by Gasteiger charge is 2.33. The zero-order chi connectivity index (χ0) is 16.7. The van der Waals surface area contributed by atoms with Gasteiger partial charge in [0.05, 0.1) is 18.8 Å². The summed E-state index contributed by atoms with van der Waals surface area (Å²) in [5, 5.41) is 3.86. The van der Waals surface area contributed by atoms with Crippen LogP contribution in [0.5, 0.6) is 5.88 Å². The summed E-state index contributed by atoms with van der Waals surface area (Å²) in [4.78, 5) is 13.0. The maximum atomic E-state index is 12.0. The second-order valence-corrected chi connectivity index (χ2v) is 7.42. The lowest BCUT2D eigenvalue weighted by atomic mass is 10.2. The van der Waals surface area contributed by atoms with Crippen LogP contribution >= 0.6 is 0 Å². The molecule has 1 aromatic heterocycles. The Kier molecular flexibility index (Phi) is 4.09. The number of nitrogens with zero attached hydrogens (tertiary/aromatic N) is 3. The fraction of sp³-hybridized carbons (Fsp3) is 0.667. The molecule has 0 spiro atoms. The van der Waals surface area contributed by atoms with Gasteiger partial charge >= 0.3 is 16.2 Å².